The minimum atomic E-state index is -0.295. The molecule has 1 aliphatic heterocycles. The molecular weight excluding hydrogens is 244 g/mol. The van der Waals surface area contributed by atoms with Crippen LogP contribution in [0, 0.1) is 11.8 Å². The second kappa shape index (κ2) is 5.88. The SMILES string of the molecule is C=C1C(=O)OC2CC(CO)=C(C(C)CCCO)CC12. The third-order valence-corrected chi connectivity index (χ3v) is 4.34. The maximum absolute atomic E-state index is 11.5. The summed E-state index contributed by atoms with van der Waals surface area (Å²) >= 11 is 0. The van der Waals surface area contributed by atoms with Crippen LogP contribution < -0.4 is 0 Å². The van der Waals surface area contributed by atoms with E-state index in [-0.39, 0.29) is 31.2 Å². The van der Waals surface area contributed by atoms with Crippen molar-refractivity contribution in [3.05, 3.63) is 23.3 Å². The Hall–Kier alpha value is -1.13. The van der Waals surface area contributed by atoms with E-state index < -0.39 is 0 Å². The molecular formula is C15H22O4. The number of carbonyl (C=O) groups excluding carboxylic acids is 1. The van der Waals surface area contributed by atoms with Crippen molar-refractivity contribution in [1.82, 2.24) is 0 Å². The van der Waals surface area contributed by atoms with Gasteiger partial charge in [-0.25, -0.2) is 4.79 Å². The molecule has 0 aromatic carbocycles. The molecule has 2 N–H and O–H groups in total. The molecule has 4 nitrogen and oxygen atoms in total. The van der Waals surface area contributed by atoms with E-state index in [0.717, 1.165) is 24.8 Å². The van der Waals surface area contributed by atoms with Crippen molar-refractivity contribution in [3.63, 3.8) is 0 Å². The molecule has 2 rings (SSSR count). The van der Waals surface area contributed by atoms with Crippen molar-refractivity contribution < 1.29 is 19.7 Å². The van der Waals surface area contributed by atoms with Gasteiger partial charge in [0.15, 0.2) is 0 Å². The number of hydrogen-bond acceptors (Lipinski definition) is 4. The highest BCUT2D eigenvalue weighted by atomic mass is 16.6. The zero-order chi connectivity index (χ0) is 14.0. The fourth-order valence-electron chi connectivity index (χ4n) is 3.15. The molecule has 0 aromatic heterocycles. The summed E-state index contributed by atoms with van der Waals surface area (Å²) in [4.78, 5) is 11.5. The van der Waals surface area contributed by atoms with Gasteiger partial charge in [-0.2, -0.15) is 0 Å². The van der Waals surface area contributed by atoms with Crippen LogP contribution in [-0.4, -0.2) is 35.5 Å². The Bertz CT molecular complexity index is 410. The number of hydrogen-bond donors (Lipinski definition) is 2. The predicted octanol–water partition coefficient (Wildman–Crippen LogP) is 1.58. The van der Waals surface area contributed by atoms with Gasteiger partial charge < -0.3 is 14.9 Å². The Morgan fingerprint density at radius 3 is 2.79 bits per heavy atom. The number of esters is 1. The Balaban J connectivity index is 2.16. The summed E-state index contributed by atoms with van der Waals surface area (Å²) in [6.07, 6.45) is 2.88. The van der Waals surface area contributed by atoms with E-state index in [1.165, 1.54) is 5.57 Å². The molecule has 0 amide bonds. The van der Waals surface area contributed by atoms with E-state index in [0.29, 0.717) is 17.9 Å². The van der Waals surface area contributed by atoms with Crippen LogP contribution in [0.5, 0.6) is 0 Å². The lowest BCUT2D eigenvalue weighted by Crippen LogP contribution is -2.26. The first-order valence-corrected chi connectivity index (χ1v) is 6.90. The van der Waals surface area contributed by atoms with Gasteiger partial charge >= 0.3 is 5.97 Å². The van der Waals surface area contributed by atoms with Gasteiger partial charge in [-0.1, -0.05) is 19.1 Å². The summed E-state index contributed by atoms with van der Waals surface area (Å²) < 4.78 is 5.30. The average molecular weight is 266 g/mol. The third-order valence-electron chi connectivity index (χ3n) is 4.34. The highest BCUT2D eigenvalue weighted by Gasteiger charge is 2.42. The van der Waals surface area contributed by atoms with Crippen molar-refractivity contribution in [2.45, 2.75) is 38.7 Å². The largest absolute Gasteiger partial charge is 0.458 e. The molecule has 1 fully saturated rings. The minimum absolute atomic E-state index is 0.0199. The van der Waals surface area contributed by atoms with Gasteiger partial charge in [-0.15, -0.1) is 0 Å². The molecule has 1 aliphatic carbocycles. The predicted molar refractivity (Wildman–Crippen MR) is 71.3 cm³/mol. The number of rotatable bonds is 5. The Morgan fingerprint density at radius 2 is 2.16 bits per heavy atom. The molecule has 2 aliphatic rings. The molecule has 0 spiro atoms. The molecule has 0 aromatic rings. The molecule has 0 bridgehead atoms. The smallest absolute Gasteiger partial charge is 0.334 e. The van der Waals surface area contributed by atoms with Gasteiger partial charge in [0, 0.05) is 24.5 Å². The molecule has 19 heavy (non-hydrogen) atoms. The fraction of sp³-hybridized carbons (Fsp3) is 0.667. The number of aliphatic hydroxyl groups excluding tert-OH is 2. The van der Waals surface area contributed by atoms with E-state index in [1.807, 2.05) is 0 Å². The van der Waals surface area contributed by atoms with Crippen LogP contribution in [0.25, 0.3) is 0 Å². The van der Waals surface area contributed by atoms with Crippen molar-refractivity contribution in [3.8, 4) is 0 Å². The van der Waals surface area contributed by atoms with E-state index in [9.17, 15) is 9.90 Å². The zero-order valence-corrected chi connectivity index (χ0v) is 11.4. The van der Waals surface area contributed by atoms with E-state index in [1.54, 1.807) is 0 Å². The average Bonchev–Trinajstić information content (AvgIpc) is 2.69. The summed E-state index contributed by atoms with van der Waals surface area (Å²) in [5.41, 5.74) is 2.78. The van der Waals surface area contributed by atoms with Gasteiger partial charge in [0.2, 0.25) is 0 Å². The lowest BCUT2D eigenvalue weighted by atomic mass is 9.75. The topological polar surface area (TPSA) is 66.8 Å². The van der Waals surface area contributed by atoms with Gasteiger partial charge in [0.1, 0.15) is 6.10 Å². The summed E-state index contributed by atoms with van der Waals surface area (Å²) in [6, 6.07) is 0. The van der Waals surface area contributed by atoms with E-state index in [4.69, 9.17) is 9.84 Å². The number of allylic oxidation sites excluding steroid dienone is 1. The van der Waals surface area contributed by atoms with Crippen LogP contribution in [0.15, 0.2) is 23.3 Å². The first-order chi connectivity index (χ1) is 9.08. The molecule has 0 saturated carbocycles. The first-order valence-electron chi connectivity index (χ1n) is 6.90. The highest BCUT2D eigenvalue weighted by molar-refractivity contribution is 5.91. The Labute approximate surface area is 113 Å². The van der Waals surface area contributed by atoms with Crippen molar-refractivity contribution in [2.75, 3.05) is 13.2 Å². The second-order valence-electron chi connectivity index (χ2n) is 5.54. The molecule has 106 valence electrons. The normalized spacial score (nSPS) is 28.4. The molecule has 4 heteroatoms. The molecule has 1 saturated heterocycles. The number of carbonyl (C=O) groups is 1. The standard InChI is InChI=1S/C15H22O4/c1-9(4-3-5-16)12-7-13-10(2)15(18)19-14(13)6-11(12)8-17/h9,13-14,16-17H,2-8H2,1H3. The van der Waals surface area contributed by atoms with Crippen LogP contribution >= 0.6 is 0 Å². The fourth-order valence-corrected chi connectivity index (χ4v) is 3.15. The molecule has 1 heterocycles. The van der Waals surface area contributed by atoms with Gasteiger partial charge in [0.05, 0.1) is 6.61 Å². The second-order valence-corrected chi connectivity index (χ2v) is 5.54. The van der Waals surface area contributed by atoms with Crippen LogP contribution in [0.3, 0.4) is 0 Å². The highest BCUT2D eigenvalue weighted by Crippen LogP contribution is 2.43. The Kier molecular flexibility index (Phi) is 4.42. The third kappa shape index (κ3) is 2.74. The summed E-state index contributed by atoms with van der Waals surface area (Å²) in [5.74, 6) is 0.0877. The molecule has 3 atom stereocenters. The summed E-state index contributed by atoms with van der Waals surface area (Å²) in [5, 5.41) is 18.4. The van der Waals surface area contributed by atoms with Crippen LogP contribution in [0.4, 0.5) is 0 Å². The van der Waals surface area contributed by atoms with Crippen LogP contribution in [-0.2, 0) is 9.53 Å². The number of aliphatic hydroxyl groups is 2. The van der Waals surface area contributed by atoms with Crippen molar-refractivity contribution in [2.24, 2.45) is 11.8 Å². The van der Waals surface area contributed by atoms with Crippen LogP contribution in [0.1, 0.15) is 32.6 Å². The van der Waals surface area contributed by atoms with E-state index >= 15 is 0 Å². The maximum Gasteiger partial charge on any atom is 0.334 e. The minimum Gasteiger partial charge on any atom is -0.458 e. The van der Waals surface area contributed by atoms with Crippen LogP contribution in [0.2, 0.25) is 0 Å². The van der Waals surface area contributed by atoms with E-state index in [2.05, 4.69) is 13.5 Å². The summed E-state index contributed by atoms with van der Waals surface area (Å²) in [6.45, 7) is 6.15. The number of ether oxygens (including phenoxy) is 1. The first kappa shape index (κ1) is 14.3. The van der Waals surface area contributed by atoms with Gasteiger partial charge in [-0.05, 0) is 30.8 Å². The monoisotopic (exact) mass is 266 g/mol. The van der Waals surface area contributed by atoms with Crippen molar-refractivity contribution in [1.29, 1.82) is 0 Å². The maximum atomic E-state index is 11.5. The van der Waals surface area contributed by atoms with Gasteiger partial charge in [-0.3, -0.25) is 0 Å². The molecule has 3 unspecified atom stereocenters. The zero-order valence-electron chi connectivity index (χ0n) is 11.4. The van der Waals surface area contributed by atoms with Crippen molar-refractivity contribution >= 4 is 5.97 Å². The quantitative estimate of drug-likeness (QED) is 0.450. The lowest BCUT2D eigenvalue weighted by Gasteiger charge is -2.31. The molecule has 0 radical (unpaired) electrons. The van der Waals surface area contributed by atoms with Gasteiger partial charge in [0.25, 0.3) is 0 Å². The summed E-state index contributed by atoms with van der Waals surface area (Å²) in [7, 11) is 0. The number of fused-ring (bicyclic) bond motifs is 1. The Morgan fingerprint density at radius 1 is 1.42 bits per heavy atom. The lowest BCUT2D eigenvalue weighted by molar-refractivity contribution is -0.139.